The Morgan fingerprint density at radius 3 is 2.41 bits per heavy atom. The Labute approximate surface area is 108 Å². The second-order valence-electron chi connectivity index (χ2n) is 3.46. The molecule has 2 rings (SSSR count). The molecule has 0 aliphatic heterocycles. The van der Waals surface area contributed by atoms with Crippen LogP contribution in [-0.2, 0) is 0 Å². The third-order valence-corrected chi connectivity index (χ3v) is 2.63. The van der Waals surface area contributed by atoms with Crippen LogP contribution < -0.4 is 16.6 Å². The Morgan fingerprint density at radius 2 is 1.76 bits per heavy atom. The Hall–Kier alpha value is -1.66. The van der Waals surface area contributed by atoms with Crippen molar-refractivity contribution in [3.63, 3.8) is 0 Å². The second-order valence-corrected chi connectivity index (χ2v) is 4.38. The zero-order valence-electron chi connectivity index (χ0n) is 9.24. The third kappa shape index (κ3) is 3.15. The van der Waals surface area contributed by atoms with E-state index < -0.39 is 0 Å². The highest BCUT2D eigenvalue weighted by atomic mass is 79.9. The molecule has 0 amide bonds. The minimum Gasteiger partial charge on any atom is -0.340 e. The van der Waals surface area contributed by atoms with Gasteiger partial charge in [0.1, 0.15) is 17.5 Å². The van der Waals surface area contributed by atoms with Gasteiger partial charge in [0.2, 0.25) is 0 Å². The molecule has 6 heteroatoms. The lowest BCUT2D eigenvalue weighted by Gasteiger charge is -2.08. The van der Waals surface area contributed by atoms with Crippen LogP contribution in [0.1, 0.15) is 5.82 Å². The van der Waals surface area contributed by atoms with Gasteiger partial charge in [0, 0.05) is 16.2 Å². The van der Waals surface area contributed by atoms with E-state index in [1.807, 2.05) is 31.2 Å². The predicted molar refractivity (Wildman–Crippen MR) is 72.0 cm³/mol. The van der Waals surface area contributed by atoms with Crippen molar-refractivity contribution in [2.45, 2.75) is 6.92 Å². The lowest BCUT2D eigenvalue weighted by atomic mass is 10.3. The van der Waals surface area contributed by atoms with Crippen molar-refractivity contribution < 1.29 is 0 Å². The minimum absolute atomic E-state index is 0.581. The summed E-state index contributed by atoms with van der Waals surface area (Å²) in [5.74, 6) is 7.26. The molecule has 4 N–H and O–H groups in total. The average molecular weight is 294 g/mol. The summed E-state index contributed by atoms with van der Waals surface area (Å²) < 4.78 is 1.03. The number of aromatic nitrogens is 2. The summed E-state index contributed by atoms with van der Waals surface area (Å²) in [5.41, 5.74) is 3.46. The molecule has 0 aliphatic carbocycles. The molecule has 0 aliphatic rings. The third-order valence-electron chi connectivity index (χ3n) is 2.10. The number of nitrogens with two attached hydrogens (primary N) is 1. The number of hydrogen-bond acceptors (Lipinski definition) is 5. The maximum Gasteiger partial charge on any atom is 0.145 e. The number of nitrogen functional groups attached to an aromatic ring is 1. The predicted octanol–water partition coefficient (Wildman–Crippen LogP) is 2.58. The standard InChI is InChI=1S/C11H12BrN5/c1-7-14-10(6-11(15-7)17-13)16-9-4-2-8(12)3-5-9/h2-6H,13H2,1H3,(H2,14,15,16,17). The molecule has 0 atom stereocenters. The van der Waals surface area contributed by atoms with Crippen molar-refractivity contribution in [1.82, 2.24) is 9.97 Å². The fourth-order valence-corrected chi connectivity index (χ4v) is 1.65. The van der Waals surface area contributed by atoms with E-state index >= 15 is 0 Å². The van der Waals surface area contributed by atoms with Gasteiger partial charge >= 0.3 is 0 Å². The SMILES string of the molecule is Cc1nc(NN)cc(Nc2ccc(Br)cc2)n1. The van der Waals surface area contributed by atoms with E-state index in [4.69, 9.17) is 5.84 Å². The number of hydrazine groups is 1. The molecule has 1 aromatic carbocycles. The number of anilines is 3. The van der Waals surface area contributed by atoms with E-state index in [9.17, 15) is 0 Å². The summed E-state index contributed by atoms with van der Waals surface area (Å²) in [6, 6.07) is 9.57. The van der Waals surface area contributed by atoms with Crippen molar-refractivity contribution in [2.75, 3.05) is 10.7 Å². The molecular weight excluding hydrogens is 282 g/mol. The zero-order valence-corrected chi connectivity index (χ0v) is 10.8. The van der Waals surface area contributed by atoms with E-state index in [0.717, 1.165) is 10.2 Å². The Morgan fingerprint density at radius 1 is 1.12 bits per heavy atom. The monoisotopic (exact) mass is 293 g/mol. The summed E-state index contributed by atoms with van der Waals surface area (Å²) in [4.78, 5) is 8.38. The second kappa shape index (κ2) is 5.11. The first kappa shape index (κ1) is 11.8. The number of benzene rings is 1. The number of rotatable bonds is 3. The number of nitrogens with zero attached hydrogens (tertiary/aromatic N) is 2. The molecule has 0 bridgehead atoms. The van der Waals surface area contributed by atoms with Crippen LogP contribution in [0.5, 0.6) is 0 Å². The molecule has 0 spiro atoms. The van der Waals surface area contributed by atoms with Crippen molar-refractivity contribution in [3.8, 4) is 0 Å². The van der Waals surface area contributed by atoms with E-state index in [-0.39, 0.29) is 0 Å². The Bertz CT molecular complexity index is 512. The molecule has 17 heavy (non-hydrogen) atoms. The summed E-state index contributed by atoms with van der Waals surface area (Å²) in [5, 5.41) is 3.18. The summed E-state index contributed by atoms with van der Waals surface area (Å²) in [6.45, 7) is 1.81. The van der Waals surface area contributed by atoms with E-state index in [0.29, 0.717) is 17.5 Å². The lowest BCUT2D eigenvalue weighted by Crippen LogP contribution is -2.10. The quantitative estimate of drug-likeness (QED) is 0.599. The molecule has 0 unspecified atom stereocenters. The first-order chi connectivity index (χ1) is 8.17. The van der Waals surface area contributed by atoms with Crippen LogP contribution in [-0.4, -0.2) is 9.97 Å². The molecular formula is C11H12BrN5. The van der Waals surface area contributed by atoms with Gasteiger partial charge in [-0.2, -0.15) is 0 Å². The van der Waals surface area contributed by atoms with Crippen LogP contribution in [0.3, 0.4) is 0 Å². The highest BCUT2D eigenvalue weighted by Gasteiger charge is 2.01. The largest absolute Gasteiger partial charge is 0.340 e. The fourth-order valence-electron chi connectivity index (χ4n) is 1.39. The molecule has 1 aromatic heterocycles. The number of hydrogen-bond donors (Lipinski definition) is 3. The van der Waals surface area contributed by atoms with Crippen LogP contribution >= 0.6 is 15.9 Å². The first-order valence-electron chi connectivity index (χ1n) is 5.02. The van der Waals surface area contributed by atoms with Crippen LogP contribution in [0, 0.1) is 6.92 Å². The van der Waals surface area contributed by atoms with Gasteiger partial charge in [-0.25, -0.2) is 15.8 Å². The van der Waals surface area contributed by atoms with Crippen LogP contribution in [0.4, 0.5) is 17.3 Å². The molecule has 0 saturated heterocycles. The lowest BCUT2D eigenvalue weighted by molar-refractivity contribution is 1.05. The molecule has 0 fully saturated rings. The highest BCUT2D eigenvalue weighted by molar-refractivity contribution is 9.10. The molecule has 0 saturated carbocycles. The van der Waals surface area contributed by atoms with Gasteiger partial charge in [-0.1, -0.05) is 15.9 Å². The zero-order chi connectivity index (χ0) is 12.3. The van der Waals surface area contributed by atoms with Gasteiger partial charge in [0.05, 0.1) is 0 Å². The van der Waals surface area contributed by atoms with Crippen LogP contribution in [0.2, 0.25) is 0 Å². The average Bonchev–Trinajstić information content (AvgIpc) is 2.31. The highest BCUT2D eigenvalue weighted by Crippen LogP contribution is 2.19. The molecule has 1 heterocycles. The van der Waals surface area contributed by atoms with Crippen molar-refractivity contribution >= 4 is 33.3 Å². The van der Waals surface area contributed by atoms with Crippen LogP contribution in [0.15, 0.2) is 34.8 Å². The number of aryl methyl sites for hydroxylation is 1. The van der Waals surface area contributed by atoms with E-state index in [1.165, 1.54) is 0 Å². The van der Waals surface area contributed by atoms with E-state index in [2.05, 4.69) is 36.6 Å². The molecule has 88 valence electrons. The minimum atomic E-state index is 0.581. The van der Waals surface area contributed by atoms with Gasteiger partial charge in [0.25, 0.3) is 0 Å². The normalized spacial score (nSPS) is 10.1. The van der Waals surface area contributed by atoms with Crippen molar-refractivity contribution in [2.24, 2.45) is 5.84 Å². The van der Waals surface area contributed by atoms with Gasteiger partial charge in [-0.15, -0.1) is 0 Å². The summed E-state index contributed by atoms with van der Waals surface area (Å²) in [7, 11) is 0. The Kier molecular flexibility index (Phi) is 3.55. The van der Waals surface area contributed by atoms with Gasteiger partial charge < -0.3 is 10.7 Å². The molecule has 2 aromatic rings. The summed E-state index contributed by atoms with van der Waals surface area (Å²) in [6.07, 6.45) is 0. The summed E-state index contributed by atoms with van der Waals surface area (Å²) >= 11 is 3.39. The number of nitrogens with one attached hydrogen (secondary N) is 2. The maximum absolute atomic E-state index is 5.33. The van der Waals surface area contributed by atoms with Crippen molar-refractivity contribution in [3.05, 3.63) is 40.6 Å². The Balaban J connectivity index is 2.23. The van der Waals surface area contributed by atoms with Gasteiger partial charge in [0.15, 0.2) is 0 Å². The number of halogens is 1. The van der Waals surface area contributed by atoms with Gasteiger partial charge in [-0.05, 0) is 31.2 Å². The fraction of sp³-hybridized carbons (Fsp3) is 0.0909. The molecule has 5 nitrogen and oxygen atoms in total. The molecule has 0 radical (unpaired) electrons. The maximum atomic E-state index is 5.33. The topological polar surface area (TPSA) is 75.9 Å². The smallest absolute Gasteiger partial charge is 0.145 e. The first-order valence-corrected chi connectivity index (χ1v) is 5.81. The van der Waals surface area contributed by atoms with Gasteiger partial charge in [-0.3, -0.25) is 0 Å². The van der Waals surface area contributed by atoms with E-state index in [1.54, 1.807) is 6.07 Å². The van der Waals surface area contributed by atoms with Crippen LogP contribution in [0.25, 0.3) is 0 Å². The van der Waals surface area contributed by atoms with Crippen molar-refractivity contribution in [1.29, 1.82) is 0 Å².